The molecule has 4 N–H and O–H groups in total. The summed E-state index contributed by atoms with van der Waals surface area (Å²) >= 11 is 0. The van der Waals surface area contributed by atoms with Crippen molar-refractivity contribution in [2.75, 3.05) is 45.9 Å². The third kappa shape index (κ3) is 3.73. The second kappa shape index (κ2) is 8.58. The molecule has 0 spiro atoms. The number of nitrogens with one attached hydrogen (secondary N) is 2. The highest BCUT2D eigenvalue weighted by Crippen LogP contribution is 2.23. The Hall–Kier alpha value is -2.70. The van der Waals surface area contributed by atoms with Crippen molar-refractivity contribution in [3.05, 3.63) is 51.8 Å². The Labute approximate surface area is 174 Å². The van der Waals surface area contributed by atoms with E-state index in [0.29, 0.717) is 29.9 Å². The molecule has 2 aromatic heterocycles. The number of quaternary nitrogens is 2. The SMILES string of the molecule is Cc1cc(=O)n2c3ccccc3n(C[C@@H](O)C[NH+]3CC[NH+](CCO)CC3)c2c1C#N. The molecule has 0 aliphatic carbocycles. The summed E-state index contributed by atoms with van der Waals surface area (Å²) in [6, 6.07) is 11.3. The number of fused-ring (bicyclic) bond motifs is 3. The van der Waals surface area contributed by atoms with E-state index in [4.69, 9.17) is 5.11 Å². The summed E-state index contributed by atoms with van der Waals surface area (Å²) in [5, 5.41) is 29.8. The van der Waals surface area contributed by atoms with E-state index in [2.05, 4.69) is 6.07 Å². The Morgan fingerprint density at radius 1 is 1.17 bits per heavy atom. The molecule has 158 valence electrons. The number of aryl methyl sites for hydroxylation is 1. The van der Waals surface area contributed by atoms with Gasteiger partial charge in [-0.3, -0.25) is 9.20 Å². The molecule has 4 rings (SSSR count). The number of imidazole rings is 1. The van der Waals surface area contributed by atoms with E-state index in [0.717, 1.165) is 43.8 Å². The summed E-state index contributed by atoms with van der Waals surface area (Å²) in [5.41, 5.74) is 3.08. The van der Waals surface area contributed by atoms with Crippen LogP contribution in [0.15, 0.2) is 35.1 Å². The number of aromatic nitrogens is 2. The van der Waals surface area contributed by atoms with Gasteiger partial charge in [0, 0.05) is 6.07 Å². The molecule has 0 bridgehead atoms. The molecule has 8 heteroatoms. The second-order valence-corrected chi connectivity index (χ2v) is 8.24. The topological polar surface area (TPSA) is 99.5 Å². The molecule has 1 atom stereocenters. The Morgan fingerprint density at radius 2 is 1.83 bits per heavy atom. The average molecular weight is 412 g/mol. The summed E-state index contributed by atoms with van der Waals surface area (Å²) in [4.78, 5) is 15.5. The first-order valence-corrected chi connectivity index (χ1v) is 10.5. The Morgan fingerprint density at radius 3 is 2.50 bits per heavy atom. The fourth-order valence-corrected chi connectivity index (χ4v) is 4.70. The van der Waals surface area contributed by atoms with Crippen molar-refractivity contribution in [2.24, 2.45) is 0 Å². The maximum Gasteiger partial charge on any atom is 0.257 e. The molecular weight excluding hydrogens is 382 g/mol. The molecule has 3 heterocycles. The number of nitriles is 1. The standard InChI is InChI=1S/C22H27N5O3/c1-16-12-21(30)27-20-5-3-2-4-19(20)26(22(27)18(16)13-23)15-17(29)14-25-8-6-24(7-9-25)10-11-28/h2-5,12,17,28-29H,6-11,14-15H2,1H3/p+2/t17-/m0/s1. The van der Waals surface area contributed by atoms with Gasteiger partial charge in [-0.1, -0.05) is 12.1 Å². The fraction of sp³-hybridized carbons (Fsp3) is 0.455. The van der Waals surface area contributed by atoms with Gasteiger partial charge in [0.2, 0.25) is 0 Å². The van der Waals surface area contributed by atoms with E-state index < -0.39 is 6.10 Å². The molecule has 3 aromatic rings. The number of nitrogens with zero attached hydrogens (tertiary/aromatic N) is 3. The normalized spacial score (nSPS) is 20.5. The lowest BCUT2D eigenvalue weighted by atomic mass is 10.1. The predicted molar refractivity (Wildman–Crippen MR) is 113 cm³/mol. The zero-order chi connectivity index (χ0) is 21.3. The average Bonchev–Trinajstić information content (AvgIpc) is 3.05. The third-order valence-corrected chi connectivity index (χ3v) is 6.22. The lowest BCUT2D eigenvalue weighted by Crippen LogP contribution is -3.28. The molecule has 1 aliphatic rings. The molecule has 30 heavy (non-hydrogen) atoms. The summed E-state index contributed by atoms with van der Waals surface area (Å²) < 4.78 is 3.50. The monoisotopic (exact) mass is 411 g/mol. The first kappa shape index (κ1) is 20.6. The molecule has 8 nitrogen and oxygen atoms in total. The molecule has 0 amide bonds. The van der Waals surface area contributed by atoms with Gasteiger partial charge in [-0.25, -0.2) is 0 Å². The van der Waals surface area contributed by atoms with Crippen LogP contribution in [0.25, 0.3) is 16.7 Å². The Balaban J connectivity index is 1.65. The minimum Gasteiger partial charge on any atom is -0.391 e. The van der Waals surface area contributed by atoms with Gasteiger partial charge in [0.1, 0.15) is 57.1 Å². The quantitative estimate of drug-likeness (QED) is 0.363. The number of piperazine rings is 1. The second-order valence-electron chi connectivity index (χ2n) is 8.24. The molecule has 0 unspecified atom stereocenters. The van der Waals surface area contributed by atoms with E-state index >= 15 is 0 Å². The van der Waals surface area contributed by atoms with Gasteiger partial charge in [-0.05, 0) is 24.6 Å². The van der Waals surface area contributed by atoms with Crippen molar-refractivity contribution in [1.82, 2.24) is 8.97 Å². The molecule has 1 aromatic carbocycles. The van der Waals surface area contributed by atoms with E-state index in [9.17, 15) is 15.2 Å². The van der Waals surface area contributed by atoms with E-state index in [1.807, 2.05) is 28.8 Å². The van der Waals surface area contributed by atoms with Gasteiger partial charge in [0.05, 0.1) is 29.7 Å². The van der Waals surface area contributed by atoms with Crippen molar-refractivity contribution in [2.45, 2.75) is 19.6 Å². The van der Waals surface area contributed by atoms with Crippen LogP contribution in [0.1, 0.15) is 11.1 Å². The van der Waals surface area contributed by atoms with Gasteiger partial charge >= 0.3 is 0 Å². The van der Waals surface area contributed by atoms with Crippen LogP contribution in [0, 0.1) is 18.3 Å². The summed E-state index contributed by atoms with van der Waals surface area (Å²) in [7, 11) is 0. The highest BCUT2D eigenvalue weighted by atomic mass is 16.3. The predicted octanol–water partition coefficient (Wildman–Crippen LogP) is -2.43. The Kier molecular flexibility index (Phi) is 5.88. The van der Waals surface area contributed by atoms with Crippen LogP contribution in [0.4, 0.5) is 0 Å². The number of pyridine rings is 1. The van der Waals surface area contributed by atoms with Gasteiger partial charge < -0.3 is 24.6 Å². The molecular formula is C22H29N5O3+2. The minimum atomic E-state index is -0.596. The Bertz CT molecular complexity index is 1150. The first-order valence-electron chi connectivity index (χ1n) is 10.5. The zero-order valence-corrected chi connectivity index (χ0v) is 17.3. The molecule has 0 radical (unpaired) electrons. The van der Waals surface area contributed by atoms with Crippen LogP contribution in [0.3, 0.4) is 0 Å². The van der Waals surface area contributed by atoms with Crippen LogP contribution in [-0.2, 0) is 6.54 Å². The maximum absolute atomic E-state index is 12.7. The third-order valence-electron chi connectivity index (χ3n) is 6.22. The highest BCUT2D eigenvalue weighted by Gasteiger charge is 2.26. The zero-order valence-electron chi connectivity index (χ0n) is 17.3. The fourth-order valence-electron chi connectivity index (χ4n) is 4.70. The van der Waals surface area contributed by atoms with Crippen LogP contribution >= 0.6 is 0 Å². The van der Waals surface area contributed by atoms with Gasteiger partial charge in [0.25, 0.3) is 5.56 Å². The molecule has 1 aliphatic heterocycles. The van der Waals surface area contributed by atoms with Crippen LogP contribution < -0.4 is 15.4 Å². The number of hydrogen-bond donors (Lipinski definition) is 4. The number of aliphatic hydroxyl groups excluding tert-OH is 2. The number of para-hydroxylation sites is 2. The largest absolute Gasteiger partial charge is 0.391 e. The van der Waals surface area contributed by atoms with Crippen molar-refractivity contribution in [3.8, 4) is 6.07 Å². The van der Waals surface area contributed by atoms with Gasteiger partial charge in [-0.2, -0.15) is 5.26 Å². The molecule has 0 saturated carbocycles. The summed E-state index contributed by atoms with van der Waals surface area (Å²) in [6.07, 6.45) is -0.596. The summed E-state index contributed by atoms with van der Waals surface area (Å²) in [5.74, 6) is 0. The smallest absolute Gasteiger partial charge is 0.257 e. The molecule has 1 saturated heterocycles. The highest BCUT2D eigenvalue weighted by molar-refractivity contribution is 5.84. The van der Waals surface area contributed by atoms with Gasteiger partial charge in [-0.15, -0.1) is 0 Å². The minimum absolute atomic E-state index is 0.167. The van der Waals surface area contributed by atoms with Crippen molar-refractivity contribution >= 4 is 16.7 Å². The van der Waals surface area contributed by atoms with Crippen LogP contribution in [0.5, 0.6) is 0 Å². The first-order chi connectivity index (χ1) is 14.5. The lowest BCUT2D eigenvalue weighted by molar-refractivity contribution is -1.01. The molecule has 1 fully saturated rings. The van der Waals surface area contributed by atoms with Crippen LogP contribution in [0.2, 0.25) is 0 Å². The number of rotatable bonds is 6. The van der Waals surface area contributed by atoms with Crippen LogP contribution in [-0.4, -0.2) is 71.2 Å². The van der Waals surface area contributed by atoms with E-state index in [-0.39, 0.29) is 12.2 Å². The maximum atomic E-state index is 12.7. The van der Waals surface area contributed by atoms with Crippen molar-refractivity contribution < 1.29 is 20.0 Å². The number of hydrogen-bond acceptors (Lipinski definition) is 4. The van der Waals surface area contributed by atoms with Crippen molar-refractivity contribution in [1.29, 1.82) is 5.26 Å². The number of benzene rings is 1. The van der Waals surface area contributed by atoms with Gasteiger partial charge in [0.15, 0.2) is 0 Å². The van der Waals surface area contributed by atoms with E-state index in [1.165, 1.54) is 15.9 Å². The van der Waals surface area contributed by atoms with Crippen molar-refractivity contribution in [3.63, 3.8) is 0 Å². The summed E-state index contributed by atoms with van der Waals surface area (Å²) in [6.45, 7) is 7.60. The lowest BCUT2D eigenvalue weighted by Gasteiger charge is -2.30. The number of aliphatic hydroxyl groups is 2. The van der Waals surface area contributed by atoms with E-state index in [1.54, 1.807) is 11.3 Å².